The van der Waals surface area contributed by atoms with Crippen LogP contribution in [0.25, 0.3) is 11.4 Å². The molecule has 0 saturated carbocycles. The Bertz CT molecular complexity index is 1390. The van der Waals surface area contributed by atoms with E-state index in [1.807, 2.05) is 4.90 Å². The molecule has 13 heteroatoms. The topological polar surface area (TPSA) is 109 Å². The molecule has 1 aromatic carbocycles. The number of carboxylic acids is 1. The Morgan fingerprint density at radius 1 is 1.03 bits per heavy atom. The highest BCUT2D eigenvalue weighted by Gasteiger charge is 2.29. The number of sulfonamides is 1. The summed E-state index contributed by atoms with van der Waals surface area (Å²) in [5.74, 6) is -0.728. The van der Waals surface area contributed by atoms with Gasteiger partial charge in [-0.2, -0.15) is 4.31 Å². The Kier molecular flexibility index (Phi) is 8.23. The molecule has 9 nitrogen and oxygen atoms in total. The average Bonchev–Trinajstić information content (AvgIpc) is 3.19. The Balaban J connectivity index is 1.73. The Labute approximate surface area is 224 Å². The summed E-state index contributed by atoms with van der Waals surface area (Å²) in [6.07, 6.45) is 3.04. The number of benzene rings is 1. The number of pyridine rings is 1. The fourth-order valence-corrected chi connectivity index (χ4v) is 5.79. The molecule has 0 amide bonds. The van der Waals surface area contributed by atoms with Crippen LogP contribution in [-0.2, 0) is 23.1 Å². The zero-order valence-corrected chi connectivity index (χ0v) is 22.4. The lowest BCUT2D eigenvalue weighted by molar-refractivity contribution is 0.0682. The van der Waals surface area contributed by atoms with Gasteiger partial charge in [0.2, 0.25) is 10.0 Å². The molecule has 0 bridgehead atoms. The minimum atomic E-state index is -3.27. The van der Waals surface area contributed by atoms with E-state index < -0.39 is 16.0 Å². The van der Waals surface area contributed by atoms with Crippen LogP contribution in [0.1, 0.15) is 28.7 Å². The SMILES string of the molecule is CCS(=O)(=O)N1CCN(Cc2nc(-c3cncc(Cl)c3)n(Cc3cc(Cl)ccc3Cl)c2C(=O)O)CC1. The summed E-state index contributed by atoms with van der Waals surface area (Å²) < 4.78 is 27.4. The number of piperazine rings is 1. The van der Waals surface area contributed by atoms with Gasteiger partial charge in [0, 0.05) is 60.7 Å². The lowest BCUT2D eigenvalue weighted by atomic mass is 10.2. The van der Waals surface area contributed by atoms with Crippen molar-refractivity contribution in [1.29, 1.82) is 0 Å². The van der Waals surface area contributed by atoms with Gasteiger partial charge in [-0.25, -0.2) is 18.2 Å². The third kappa shape index (κ3) is 5.85. The zero-order valence-electron chi connectivity index (χ0n) is 19.4. The van der Waals surface area contributed by atoms with Crippen molar-refractivity contribution < 1.29 is 18.3 Å². The van der Waals surface area contributed by atoms with E-state index in [1.165, 1.54) is 10.5 Å². The maximum atomic E-state index is 12.5. The normalized spacial score (nSPS) is 15.3. The molecule has 3 heterocycles. The van der Waals surface area contributed by atoms with Crippen LogP contribution in [0.15, 0.2) is 36.7 Å². The highest BCUT2D eigenvalue weighted by molar-refractivity contribution is 7.89. The highest BCUT2D eigenvalue weighted by Crippen LogP contribution is 2.29. The van der Waals surface area contributed by atoms with Gasteiger partial charge < -0.3 is 9.67 Å². The lowest BCUT2D eigenvalue weighted by Crippen LogP contribution is -2.48. The predicted molar refractivity (Wildman–Crippen MR) is 139 cm³/mol. The molecule has 1 fully saturated rings. The van der Waals surface area contributed by atoms with Crippen LogP contribution in [0.3, 0.4) is 0 Å². The molecule has 1 aliphatic rings. The number of carboxylic acid groups (broad SMARTS) is 1. The largest absolute Gasteiger partial charge is 0.477 e. The smallest absolute Gasteiger partial charge is 0.354 e. The van der Waals surface area contributed by atoms with Crippen molar-refractivity contribution in [3.05, 3.63) is 68.7 Å². The molecule has 0 spiro atoms. The zero-order chi connectivity index (χ0) is 26.0. The third-order valence-corrected chi connectivity index (χ3v) is 8.70. The van der Waals surface area contributed by atoms with E-state index in [9.17, 15) is 18.3 Å². The first kappa shape index (κ1) is 26.8. The van der Waals surface area contributed by atoms with Crippen LogP contribution >= 0.6 is 34.8 Å². The summed E-state index contributed by atoms with van der Waals surface area (Å²) in [4.78, 5) is 23.3. The molecule has 3 aromatic rings. The van der Waals surface area contributed by atoms with E-state index in [1.54, 1.807) is 42.0 Å². The fourth-order valence-electron chi connectivity index (χ4n) is 4.16. The molecule has 0 aliphatic carbocycles. The van der Waals surface area contributed by atoms with Gasteiger partial charge in [-0.15, -0.1) is 0 Å². The molecule has 1 N–H and O–H groups in total. The molecule has 1 saturated heterocycles. The first-order chi connectivity index (χ1) is 17.1. The maximum Gasteiger partial charge on any atom is 0.354 e. The summed E-state index contributed by atoms with van der Waals surface area (Å²) in [6, 6.07) is 6.66. The van der Waals surface area contributed by atoms with E-state index in [0.717, 1.165) is 0 Å². The van der Waals surface area contributed by atoms with Crippen LogP contribution in [0.4, 0.5) is 0 Å². The van der Waals surface area contributed by atoms with Crippen molar-refractivity contribution in [2.45, 2.75) is 20.0 Å². The van der Waals surface area contributed by atoms with Gasteiger partial charge >= 0.3 is 5.97 Å². The van der Waals surface area contributed by atoms with E-state index in [-0.39, 0.29) is 24.5 Å². The summed E-state index contributed by atoms with van der Waals surface area (Å²) in [5.41, 5.74) is 1.53. The lowest BCUT2D eigenvalue weighted by Gasteiger charge is -2.33. The molecule has 1 aliphatic heterocycles. The summed E-state index contributed by atoms with van der Waals surface area (Å²) in [6.45, 7) is 3.55. The second kappa shape index (κ2) is 11.0. The minimum absolute atomic E-state index is 0.00428. The molecule has 36 heavy (non-hydrogen) atoms. The number of aromatic carboxylic acids is 1. The first-order valence-electron chi connectivity index (χ1n) is 11.2. The number of hydrogen-bond donors (Lipinski definition) is 1. The van der Waals surface area contributed by atoms with Gasteiger partial charge in [0.25, 0.3) is 0 Å². The quantitative estimate of drug-likeness (QED) is 0.433. The van der Waals surface area contributed by atoms with Crippen LogP contribution in [0.5, 0.6) is 0 Å². The molecular weight excluding hydrogens is 549 g/mol. The molecule has 0 unspecified atom stereocenters. The maximum absolute atomic E-state index is 12.5. The van der Waals surface area contributed by atoms with E-state index in [0.29, 0.717) is 63.9 Å². The molecular formula is C23H24Cl3N5O4S. The minimum Gasteiger partial charge on any atom is -0.477 e. The number of halogens is 3. The van der Waals surface area contributed by atoms with Crippen LogP contribution in [0, 0.1) is 0 Å². The molecule has 0 atom stereocenters. The molecule has 192 valence electrons. The first-order valence-corrected chi connectivity index (χ1v) is 13.9. The van der Waals surface area contributed by atoms with Crippen molar-refractivity contribution in [3.8, 4) is 11.4 Å². The predicted octanol–water partition coefficient (Wildman–Crippen LogP) is 4.12. The summed E-state index contributed by atoms with van der Waals surface area (Å²) in [5, 5.41) is 11.5. The van der Waals surface area contributed by atoms with E-state index in [4.69, 9.17) is 39.8 Å². The van der Waals surface area contributed by atoms with Crippen LogP contribution in [-0.4, -0.2) is 75.2 Å². The monoisotopic (exact) mass is 571 g/mol. The van der Waals surface area contributed by atoms with Crippen LogP contribution in [0.2, 0.25) is 15.1 Å². The molecule has 2 aromatic heterocycles. The van der Waals surface area contributed by atoms with E-state index in [2.05, 4.69) is 4.98 Å². The van der Waals surface area contributed by atoms with Gasteiger partial charge in [0.05, 0.1) is 23.0 Å². The number of nitrogens with zero attached hydrogens (tertiary/aromatic N) is 5. The fraction of sp³-hybridized carbons (Fsp3) is 0.348. The highest BCUT2D eigenvalue weighted by atomic mass is 35.5. The average molecular weight is 573 g/mol. The van der Waals surface area contributed by atoms with Gasteiger partial charge in [-0.3, -0.25) is 9.88 Å². The second-order valence-electron chi connectivity index (χ2n) is 8.33. The van der Waals surface area contributed by atoms with Crippen molar-refractivity contribution >= 4 is 50.8 Å². The number of aromatic nitrogens is 3. The number of hydrogen-bond acceptors (Lipinski definition) is 6. The van der Waals surface area contributed by atoms with Crippen molar-refractivity contribution in [1.82, 2.24) is 23.7 Å². The Morgan fingerprint density at radius 2 is 1.75 bits per heavy atom. The third-order valence-electron chi connectivity index (χ3n) is 6.00. The van der Waals surface area contributed by atoms with Gasteiger partial charge in [-0.05, 0) is 36.8 Å². The van der Waals surface area contributed by atoms with Crippen molar-refractivity contribution in [3.63, 3.8) is 0 Å². The van der Waals surface area contributed by atoms with Crippen LogP contribution < -0.4 is 0 Å². The van der Waals surface area contributed by atoms with E-state index >= 15 is 0 Å². The standard InChI is InChI=1S/C23H24Cl3N5O4S/c1-2-36(34,35)30-7-5-29(6-8-30)14-20-21(23(32)33)31(13-16-10-17(24)3-4-19(16)26)22(28-20)15-9-18(25)12-27-11-15/h3-4,9-12H,2,5-8,13-14H2,1H3,(H,32,33). The number of rotatable bonds is 8. The molecule has 0 radical (unpaired) electrons. The number of imidazole rings is 1. The van der Waals surface area contributed by atoms with Crippen molar-refractivity contribution in [2.75, 3.05) is 31.9 Å². The van der Waals surface area contributed by atoms with Gasteiger partial charge in [-0.1, -0.05) is 34.8 Å². The summed E-state index contributed by atoms with van der Waals surface area (Å²) in [7, 11) is -3.27. The Morgan fingerprint density at radius 3 is 2.39 bits per heavy atom. The number of carbonyl (C=O) groups is 1. The van der Waals surface area contributed by atoms with Crippen molar-refractivity contribution in [2.24, 2.45) is 0 Å². The van der Waals surface area contributed by atoms with Gasteiger partial charge in [0.15, 0.2) is 5.69 Å². The summed E-state index contributed by atoms with van der Waals surface area (Å²) >= 11 is 18.7. The second-order valence-corrected chi connectivity index (χ2v) is 11.9. The van der Waals surface area contributed by atoms with Gasteiger partial charge in [0.1, 0.15) is 5.82 Å². The molecule has 4 rings (SSSR count). The Hall–Kier alpha value is -2.21.